The lowest BCUT2D eigenvalue weighted by Gasteiger charge is -2.36. The van der Waals surface area contributed by atoms with Crippen LogP contribution >= 0.6 is 0 Å². The highest BCUT2D eigenvalue weighted by molar-refractivity contribution is 6.27. The van der Waals surface area contributed by atoms with Crippen molar-refractivity contribution in [3.8, 4) is 0 Å². The number of aromatic amines is 1. The number of nitrogens with zero attached hydrogens (tertiary/aromatic N) is 3. The Labute approximate surface area is 203 Å². The standard InChI is InChI=1S/C24H28N4O.C2H2O4/c29-24-9-7-20-4-1-2-5-23(20)28(24)13-3-12-26-14-16-27(17-15-26)21-8-6-19-10-11-25-22(19)18-21;3-1(4)2(5)6/h1-2,4-6,8,10-11,18,25H,3,7,9,12-17H2;(H,3,4)(H,5,6). The number of carbonyl (C=O) groups excluding carboxylic acids is 1. The number of rotatable bonds is 5. The van der Waals surface area contributed by atoms with Crippen LogP contribution in [0.1, 0.15) is 18.4 Å². The van der Waals surface area contributed by atoms with E-state index in [0.717, 1.165) is 57.8 Å². The van der Waals surface area contributed by atoms with Gasteiger partial charge in [0.1, 0.15) is 0 Å². The Hall–Kier alpha value is -3.85. The van der Waals surface area contributed by atoms with Gasteiger partial charge in [0.15, 0.2) is 0 Å². The minimum Gasteiger partial charge on any atom is -0.473 e. The summed E-state index contributed by atoms with van der Waals surface area (Å²) < 4.78 is 0. The average molecular weight is 479 g/mol. The van der Waals surface area contributed by atoms with Gasteiger partial charge in [-0.3, -0.25) is 9.69 Å². The summed E-state index contributed by atoms with van der Waals surface area (Å²) in [5.41, 5.74) is 4.93. The van der Waals surface area contributed by atoms with Crippen molar-refractivity contribution in [1.29, 1.82) is 0 Å². The van der Waals surface area contributed by atoms with Gasteiger partial charge in [-0.15, -0.1) is 0 Å². The largest absolute Gasteiger partial charge is 0.473 e. The highest BCUT2D eigenvalue weighted by atomic mass is 16.4. The molecule has 3 heterocycles. The Morgan fingerprint density at radius 3 is 2.37 bits per heavy atom. The number of carboxylic acid groups (broad SMARTS) is 2. The maximum absolute atomic E-state index is 12.4. The fourth-order valence-electron chi connectivity index (χ4n) is 4.66. The molecular weight excluding hydrogens is 448 g/mol. The van der Waals surface area contributed by atoms with Crippen molar-refractivity contribution in [2.24, 2.45) is 0 Å². The molecule has 5 rings (SSSR count). The molecule has 2 aromatic carbocycles. The van der Waals surface area contributed by atoms with Crippen LogP contribution in [-0.2, 0) is 20.8 Å². The van der Waals surface area contributed by atoms with Gasteiger partial charge in [0.25, 0.3) is 0 Å². The molecule has 3 N–H and O–H groups in total. The Morgan fingerprint density at radius 1 is 0.886 bits per heavy atom. The Balaban J connectivity index is 0.000000431. The number of aromatic nitrogens is 1. The van der Waals surface area contributed by atoms with E-state index in [1.165, 1.54) is 22.2 Å². The van der Waals surface area contributed by atoms with Crippen LogP contribution in [0.25, 0.3) is 10.9 Å². The first-order chi connectivity index (χ1) is 16.9. The van der Waals surface area contributed by atoms with Gasteiger partial charge in [0.2, 0.25) is 5.91 Å². The highest BCUT2D eigenvalue weighted by Crippen LogP contribution is 2.27. The van der Waals surface area contributed by atoms with Gasteiger partial charge in [-0.05, 0) is 54.6 Å². The first-order valence-electron chi connectivity index (χ1n) is 11.8. The summed E-state index contributed by atoms with van der Waals surface area (Å²) in [7, 11) is 0. The molecular formula is C26H30N4O5. The van der Waals surface area contributed by atoms with Crippen molar-refractivity contribution >= 4 is 40.1 Å². The van der Waals surface area contributed by atoms with E-state index in [9.17, 15) is 4.79 Å². The van der Waals surface area contributed by atoms with Crippen molar-refractivity contribution in [1.82, 2.24) is 9.88 Å². The molecule has 35 heavy (non-hydrogen) atoms. The molecule has 184 valence electrons. The number of carbonyl (C=O) groups is 3. The molecule has 1 amide bonds. The zero-order chi connectivity index (χ0) is 24.8. The lowest BCUT2D eigenvalue weighted by Crippen LogP contribution is -2.47. The molecule has 9 heteroatoms. The Morgan fingerprint density at radius 2 is 1.63 bits per heavy atom. The van der Waals surface area contributed by atoms with Crippen molar-refractivity contribution < 1.29 is 24.6 Å². The molecule has 0 radical (unpaired) electrons. The quantitative estimate of drug-likeness (QED) is 0.483. The third kappa shape index (κ3) is 5.99. The number of nitrogens with one attached hydrogen (secondary N) is 1. The van der Waals surface area contributed by atoms with E-state index in [0.29, 0.717) is 6.42 Å². The lowest BCUT2D eigenvalue weighted by atomic mass is 10.0. The number of fused-ring (bicyclic) bond motifs is 2. The van der Waals surface area contributed by atoms with Gasteiger partial charge in [0, 0.05) is 62.2 Å². The summed E-state index contributed by atoms with van der Waals surface area (Å²) in [6, 6.07) is 17.1. The Kier molecular flexibility index (Phi) is 7.67. The predicted octanol–water partition coefficient (Wildman–Crippen LogP) is 2.82. The molecule has 1 aromatic heterocycles. The van der Waals surface area contributed by atoms with Crippen molar-refractivity contribution in [2.75, 3.05) is 49.1 Å². The molecule has 2 aliphatic rings. The first-order valence-corrected chi connectivity index (χ1v) is 11.8. The smallest absolute Gasteiger partial charge is 0.414 e. The molecule has 0 atom stereocenters. The number of benzene rings is 2. The second-order valence-electron chi connectivity index (χ2n) is 8.72. The number of piperazine rings is 1. The predicted molar refractivity (Wildman–Crippen MR) is 134 cm³/mol. The first kappa shape index (κ1) is 24.3. The van der Waals surface area contributed by atoms with Crippen LogP contribution in [0.4, 0.5) is 11.4 Å². The van der Waals surface area contributed by atoms with E-state index in [-0.39, 0.29) is 5.91 Å². The third-order valence-electron chi connectivity index (χ3n) is 6.51. The van der Waals surface area contributed by atoms with E-state index < -0.39 is 11.9 Å². The fraction of sp³-hybridized carbons (Fsp3) is 0.346. The number of hydrogen-bond donors (Lipinski definition) is 3. The zero-order valence-corrected chi connectivity index (χ0v) is 19.5. The van der Waals surface area contributed by atoms with Gasteiger partial charge in [0.05, 0.1) is 0 Å². The molecule has 3 aromatic rings. The van der Waals surface area contributed by atoms with E-state index in [1.54, 1.807) is 0 Å². The van der Waals surface area contributed by atoms with Crippen molar-refractivity contribution in [3.05, 3.63) is 60.3 Å². The topological polar surface area (TPSA) is 117 Å². The number of amides is 1. The summed E-state index contributed by atoms with van der Waals surface area (Å²) in [5.74, 6) is -3.38. The van der Waals surface area contributed by atoms with Gasteiger partial charge in [-0.1, -0.05) is 24.3 Å². The van der Waals surface area contributed by atoms with E-state index in [1.807, 2.05) is 17.2 Å². The number of H-pyrrole nitrogens is 1. The molecule has 0 spiro atoms. The van der Waals surface area contributed by atoms with Crippen LogP contribution in [0.15, 0.2) is 54.7 Å². The third-order valence-corrected chi connectivity index (χ3v) is 6.51. The van der Waals surface area contributed by atoms with E-state index in [4.69, 9.17) is 19.8 Å². The monoisotopic (exact) mass is 478 g/mol. The zero-order valence-electron chi connectivity index (χ0n) is 19.5. The van der Waals surface area contributed by atoms with Gasteiger partial charge < -0.3 is 25.0 Å². The number of carboxylic acids is 2. The van der Waals surface area contributed by atoms with Crippen LogP contribution in [0.5, 0.6) is 0 Å². The van der Waals surface area contributed by atoms with Crippen LogP contribution in [0.2, 0.25) is 0 Å². The van der Waals surface area contributed by atoms with Gasteiger partial charge in [-0.2, -0.15) is 0 Å². The molecule has 2 aliphatic heterocycles. The summed E-state index contributed by atoms with van der Waals surface area (Å²) in [6.45, 7) is 6.13. The Bertz CT molecular complexity index is 1190. The van der Waals surface area contributed by atoms with Crippen molar-refractivity contribution in [2.45, 2.75) is 19.3 Å². The number of hydrogen-bond acceptors (Lipinski definition) is 5. The molecule has 1 saturated heterocycles. The fourth-order valence-corrected chi connectivity index (χ4v) is 4.66. The minimum absolute atomic E-state index is 0.272. The van der Waals surface area contributed by atoms with Crippen LogP contribution in [0.3, 0.4) is 0 Å². The molecule has 0 saturated carbocycles. The maximum Gasteiger partial charge on any atom is 0.414 e. The summed E-state index contributed by atoms with van der Waals surface area (Å²) in [5, 5.41) is 16.0. The van der Waals surface area contributed by atoms with Crippen LogP contribution < -0.4 is 9.80 Å². The number of anilines is 2. The normalized spacial score (nSPS) is 15.9. The van der Waals surface area contributed by atoms with E-state index >= 15 is 0 Å². The van der Waals surface area contributed by atoms with Crippen LogP contribution in [0, 0.1) is 0 Å². The SMILES string of the molecule is O=C(O)C(=O)O.O=C1CCc2ccccc2N1CCCN1CCN(c2ccc3cc[nH]c3c2)CC1. The van der Waals surface area contributed by atoms with Crippen LogP contribution in [-0.4, -0.2) is 77.2 Å². The lowest BCUT2D eigenvalue weighted by molar-refractivity contribution is -0.159. The molecule has 0 aliphatic carbocycles. The molecule has 9 nitrogen and oxygen atoms in total. The average Bonchev–Trinajstić information content (AvgIpc) is 3.34. The molecule has 0 bridgehead atoms. The van der Waals surface area contributed by atoms with Crippen molar-refractivity contribution in [3.63, 3.8) is 0 Å². The second-order valence-corrected chi connectivity index (χ2v) is 8.72. The van der Waals surface area contributed by atoms with Gasteiger partial charge >= 0.3 is 11.9 Å². The molecule has 0 unspecified atom stereocenters. The second kappa shape index (κ2) is 11.1. The maximum atomic E-state index is 12.4. The summed E-state index contributed by atoms with van der Waals surface area (Å²) >= 11 is 0. The summed E-state index contributed by atoms with van der Waals surface area (Å²) in [6.07, 6.45) is 4.54. The minimum atomic E-state index is -1.82. The summed E-state index contributed by atoms with van der Waals surface area (Å²) in [4.78, 5) is 40.9. The van der Waals surface area contributed by atoms with Gasteiger partial charge in [-0.25, -0.2) is 9.59 Å². The number of aryl methyl sites for hydroxylation is 1. The number of para-hydroxylation sites is 1. The molecule has 1 fully saturated rings. The van der Waals surface area contributed by atoms with E-state index in [2.05, 4.69) is 57.2 Å². The highest BCUT2D eigenvalue weighted by Gasteiger charge is 2.24. The number of aliphatic carboxylic acids is 2.